The van der Waals surface area contributed by atoms with Crippen molar-refractivity contribution in [3.63, 3.8) is 0 Å². The van der Waals surface area contributed by atoms with Crippen LogP contribution in [0.3, 0.4) is 0 Å². The summed E-state index contributed by atoms with van der Waals surface area (Å²) >= 11 is 0. The topological polar surface area (TPSA) is 90.0 Å². The molecule has 2 heterocycles. The first kappa shape index (κ1) is 14.6. The third kappa shape index (κ3) is 2.71. The number of urea groups is 1. The summed E-state index contributed by atoms with van der Waals surface area (Å²) < 4.78 is 0. The van der Waals surface area contributed by atoms with Crippen LogP contribution < -0.4 is 5.32 Å². The molecule has 0 spiro atoms. The Morgan fingerprint density at radius 1 is 1.30 bits per heavy atom. The predicted molar refractivity (Wildman–Crippen MR) is 71.1 cm³/mol. The summed E-state index contributed by atoms with van der Waals surface area (Å²) in [6, 6.07) is -0.402. The van der Waals surface area contributed by atoms with Gasteiger partial charge in [0, 0.05) is 39.1 Å². The number of nitrogens with one attached hydrogen (secondary N) is 1. The van der Waals surface area contributed by atoms with E-state index < -0.39 is 11.9 Å². The fourth-order valence-electron chi connectivity index (χ4n) is 3.16. The molecule has 2 aliphatic rings. The van der Waals surface area contributed by atoms with E-state index in [1.807, 2.05) is 0 Å². The number of rotatable bonds is 4. The van der Waals surface area contributed by atoms with Crippen LogP contribution in [0.25, 0.3) is 0 Å². The SMILES string of the molecule is CN(C)C(=O)CCNC(=O)N1C2CCC1C(C(=O)O)C2. The maximum absolute atomic E-state index is 12.1. The van der Waals surface area contributed by atoms with Crippen LogP contribution in [0.2, 0.25) is 0 Å². The van der Waals surface area contributed by atoms with Gasteiger partial charge in [0.05, 0.1) is 5.92 Å². The lowest BCUT2D eigenvalue weighted by Gasteiger charge is -2.23. The van der Waals surface area contributed by atoms with Gasteiger partial charge in [0.2, 0.25) is 5.91 Å². The molecule has 2 rings (SSSR count). The maximum Gasteiger partial charge on any atom is 0.317 e. The number of nitrogens with zero attached hydrogens (tertiary/aromatic N) is 2. The summed E-state index contributed by atoms with van der Waals surface area (Å²) in [4.78, 5) is 37.8. The molecule has 3 atom stereocenters. The number of carboxylic acid groups (broad SMARTS) is 1. The second-order valence-electron chi connectivity index (χ2n) is 5.66. The van der Waals surface area contributed by atoms with Gasteiger partial charge < -0.3 is 20.2 Å². The monoisotopic (exact) mass is 283 g/mol. The lowest BCUT2D eigenvalue weighted by molar-refractivity contribution is -0.142. The molecule has 7 nitrogen and oxygen atoms in total. The number of hydrogen-bond acceptors (Lipinski definition) is 3. The number of aliphatic carboxylic acids is 1. The van der Waals surface area contributed by atoms with Crippen molar-refractivity contribution in [3.8, 4) is 0 Å². The van der Waals surface area contributed by atoms with E-state index in [1.54, 1.807) is 19.0 Å². The van der Waals surface area contributed by atoms with Crippen LogP contribution in [0.4, 0.5) is 4.79 Å². The van der Waals surface area contributed by atoms with E-state index in [0.29, 0.717) is 6.42 Å². The van der Waals surface area contributed by atoms with Gasteiger partial charge in [0.1, 0.15) is 0 Å². The van der Waals surface area contributed by atoms with Crippen molar-refractivity contribution in [1.29, 1.82) is 0 Å². The van der Waals surface area contributed by atoms with E-state index in [2.05, 4.69) is 5.32 Å². The van der Waals surface area contributed by atoms with Crippen LogP contribution in [0, 0.1) is 5.92 Å². The third-order valence-corrected chi connectivity index (χ3v) is 4.20. The predicted octanol–water partition coefficient (Wildman–Crippen LogP) is 0.112. The van der Waals surface area contributed by atoms with Crippen molar-refractivity contribution in [2.75, 3.05) is 20.6 Å². The van der Waals surface area contributed by atoms with E-state index in [1.165, 1.54) is 4.90 Å². The Morgan fingerprint density at radius 2 is 2.00 bits per heavy atom. The molecule has 0 radical (unpaired) electrons. The molecule has 2 fully saturated rings. The Labute approximate surface area is 117 Å². The first-order chi connectivity index (χ1) is 9.41. The molecule has 2 N–H and O–H groups in total. The smallest absolute Gasteiger partial charge is 0.317 e. The molecule has 0 saturated carbocycles. The molecule has 3 unspecified atom stereocenters. The Kier molecular flexibility index (Phi) is 4.15. The number of fused-ring (bicyclic) bond motifs is 2. The summed E-state index contributed by atoms with van der Waals surface area (Å²) in [5.74, 6) is -1.31. The van der Waals surface area contributed by atoms with E-state index in [-0.39, 0.29) is 37.0 Å². The summed E-state index contributed by atoms with van der Waals surface area (Å²) in [6.45, 7) is 0.281. The van der Waals surface area contributed by atoms with E-state index in [0.717, 1.165) is 12.8 Å². The van der Waals surface area contributed by atoms with Crippen LogP contribution in [0.5, 0.6) is 0 Å². The highest BCUT2D eigenvalue weighted by atomic mass is 16.4. The average molecular weight is 283 g/mol. The summed E-state index contributed by atoms with van der Waals surface area (Å²) in [5, 5.41) is 11.9. The molecule has 0 aromatic rings. The number of carbonyl (C=O) groups excluding carboxylic acids is 2. The van der Waals surface area contributed by atoms with E-state index >= 15 is 0 Å². The van der Waals surface area contributed by atoms with Gasteiger partial charge in [-0.1, -0.05) is 0 Å². The van der Waals surface area contributed by atoms with Gasteiger partial charge in [-0.2, -0.15) is 0 Å². The second kappa shape index (κ2) is 5.68. The number of amides is 3. The molecule has 2 saturated heterocycles. The van der Waals surface area contributed by atoms with Gasteiger partial charge >= 0.3 is 12.0 Å². The molecule has 0 aromatic carbocycles. The van der Waals surface area contributed by atoms with Crippen LogP contribution in [0.15, 0.2) is 0 Å². The number of carboxylic acids is 1. The average Bonchev–Trinajstić information content (AvgIpc) is 2.95. The van der Waals surface area contributed by atoms with Crippen molar-refractivity contribution < 1.29 is 19.5 Å². The molecule has 7 heteroatoms. The lowest BCUT2D eigenvalue weighted by Crippen LogP contribution is -2.45. The number of carbonyl (C=O) groups is 3. The molecule has 0 aromatic heterocycles. The number of hydrogen-bond donors (Lipinski definition) is 2. The van der Waals surface area contributed by atoms with Crippen LogP contribution in [0.1, 0.15) is 25.7 Å². The Bertz CT molecular complexity index is 424. The zero-order valence-corrected chi connectivity index (χ0v) is 11.8. The molecule has 3 amide bonds. The normalized spacial score (nSPS) is 27.5. The fourth-order valence-corrected chi connectivity index (χ4v) is 3.16. The molecule has 20 heavy (non-hydrogen) atoms. The standard InChI is InChI=1S/C13H21N3O4/c1-15(2)11(17)5-6-14-13(20)16-8-3-4-10(16)9(7-8)12(18)19/h8-10H,3-7H2,1-2H3,(H,14,20)(H,18,19). The van der Waals surface area contributed by atoms with Crippen molar-refractivity contribution in [2.45, 2.75) is 37.8 Å². The third-order valence-electron chi connectivity index (χ3n) is 4.20. The first-order valence-corrected chi connectivity index (χ1v) is 6.91. The lowest BCUT2D eigenvalue weighted by atomic mass is 9.89. The first-order valence-electron chi connectivity index (χ1n) is 6.91. The Hall–Kier alpha value is -1.79. The zero-order chi connectivity index (χ0) is 14.9. The second-order valence-corrected chi connectivity index (χ2v) is 5.66. The van der Waals surface area contributed by atoms with Gasteiger partial charge in [-0.3, -0.25) is 9.59 Å². The van der Waals surface area contributed by atoms with Crippen LogP contribution >= 0.6 is 0 Å². The Morgan fingerprint density at radius 3 is 2.55 bits per heavy atom. The van der Waals surface area contributed by atoms with Gasteiger partial charge in [-0.15, -0.1) is 0 Å². The largest absolute Gasteiger partial charge is 0.481 e. The molecule has 2 aliphatic heterocycles. The highest BCUT2D eigenvalue weighted by Gasteiger charge is 2.51. The minimum absolute atomic E-state index is 0.0330. The Balaban J connectivity index is 1.85. The van der Waals surface area contributed by atoms with Crippen LogP contribution in [-0.4, -0.2) is 65.5 Å². The maximum atomic E-state index is 12.1. The van der Waals surface area contributed by atoms with Gasteiger partial charge in [-0.05, 0) is 19.3 Å². The van der Waals surface area contributed by atoms with E-state index in [4.69, 9.17) is 5.11 Å². The van der Waals surface area contributed by atoms with Crippen molar-refractivity contribution >= 4 is 17.9 Å². The molecular weight excluding hydrogens is 262 g/mol. The molecule has 112 valence electrons. The minimum atomic E-state index is -0.821. The van der Waals surface area contributed by atoms with Crippen molar-refractivity contribution in [2.24, 2.45) is 5.92 Å². The van der Waals surface area contributed by atoms with Gasteiger partial charge in [-0.25, -0.2) is 4.79 Å². The molecule has 0 aliphatic carbocycles. The molecular formula is C13H21N3O4. The van der Waals surface area contributed by atoms with E-state index in [9.17, 15) is 14.4 Å². The minimum Gasteiger partial charge on any atom is -0.481 e. The van der Waals surface area contributed by atoms with Crippen LogP contribution in [-0.2, 0) is 9.59 Å². The van der Waals surface area contributed by atoms with Gasteiger partial charge in [0.25, 0.3) is 0 Å². The quantitative estimate of drug-likeness (QED) is 0.766. The summed E-state index contributed by atoms with van der Waals surface area (Å²) in [5.41, 5.74) is 0. The fraction of sp³-hybridized carbons (Fsp3) is 0.769. The highest BCUT2D eigenvalue weighted by Crippen LogP contribution is 2.41. The molecule has 2 bridgehead atoms. The van der Waals surface area contributed by atoms with Crippen molar-refractivity contribution in [3.05, 3.63) is 0 Å². The summed E-state index contributed by atoms with van der Waals surface area (Å²) in [7, 11) is 3.34. The summed E-state index contributed by atoms with van der Waals surface area (Å²) in [6.07, 6.45) is 2.43. The van der Waals surface area contributed by atoms with Gasteiger partial charge in [0.15, 0.2) is 0 Å². The zero-order valence-electron chi connectivity index (χ0n) is 11.8. The van der Waals surface area contributed by atoms with Crippen molar-refractivity contribution in [1.82, 2.24) is 15.1 Å². The highest BCUT2D eigenvalue weighted by molar-refractivity contribution is 5.80.